The summed E-state index contributed by atoms with van der Waals surface area (Å²) in [6, 6.07) is 4.05. The van der Waals surface area contributed by atoms with Crippen molar-refractivity contribution in [3.63, 3.8) is 0 Å². The first-order valence-corrected chi connectivity index (χ1v) is 6.83. The second kappa shape index (κ2) is 5.36. The Morgan fingerprint density at radius 1 is 1.44 bits per heavy atom. The van der Waals surface area contributed by atoms with E-state index in [1.54, 1.807) is 0 Å². The predicted octanol–water partition coefficient (Wildman–Crippen LogP) is 2.59. The number of halogens is 2. The van der Waals surface area contributed by atoms with Crippen molar-refractivity contribution in [2.75, 3.05) is 6.54 Å². The summed E-state index contributed by atoms with van der Waals surface area (Å²) in [6.45, 7) is 0.442. The van der Waals surface area contributed by atoms with Gasteiger partial charge in [-0.25, -0.2) is 4.39 Å². The van der Waals surface area contributed by atoms with Crippen LogP contribution in [0.5, 0.6) is 0 Å². The van der Waals surface area contributed by atoms with Crippen LogP contribution in [0.25, 0.3) is 0 Å². The lowest BCUT2D eigenvalue weighted by atomic mass is 9.97. The molecule has 3 N–H and O–H groups in total. The summed E-state index contributed by atoms with van der Waals surface area (Å²) in [5.41, 5.74) is 5.92. The van der Waals surface area contributed by atoms with Crippen LogP contribution in [0.4, 0.5) is 4.39 Å². The van der Waals surface area contributed by atoms with Crippen LogP contribution in [0.2, 0.25) is 0 Å². The molecule has 3 nitrogen and oxygen atoms in total. The SMILES string of the molecule is NCC1(NC(=O)c2ccc(F)cc2Br)CCCC1. The van der Waals surface area contributed by atoms with Crippen molar-refractivity contribution in [3.05, 3.63) is 34.1 Å². The van der Waals surface area contributed by atoms with E-state index in [-0.39, 0.29) is 17.3 Å². The molecule has 2 rings (SSSR count). The van der Waals surface area contributed by atoms with Crippen LogP contribution < -0.4 is 11.1 Å². The number of nitrogens with two attached hydrogens (primary N) is 1. The maximum Gasteiger partial charge on any atom is 0.252 e. The molecule has 0 bridgehead atoms. The molecule has 0 atom stereocenters. The Kier molecular flexibility index (Phi) is 4.02. The standard InChI is InChI=1S/C13H16BrFN2O/c14-11-7-9(15)3-4-10(11)12(18)17-13(8-16)5-1-2-6-13/h3-4,7H,1-2,5-6,8,16H2,(H,17,18). The Bertz CT molecular complexity index is 458. The number of carbonyl (C=O) groups excluding carboxylic acids is 1. The van der Waals surface area contributed by atoms with E-state index in [1.807, 2.05) is 0 Å². The molecular formula is C13H16BrFN2O. The monoisotopic (exact) mass is 314 g/mol. The average molecular weight is 315 g/mol. The van der Waals surface area contributed by atoms with Gasteiger partial charge in [-0.15, -0.1) is 0 Å². The third-order valence-electron chi connectivity index (χ3n) is 3.51. The van der Waals surface area contributed by atoms with Gasteiger partial charge in [-0.1, -0.05) is 12.8 Å². The molecule has 0 heterocycles. The van der Waals surface area contributed by atoms with E-state index >= 15 is 0 Å². The van der Waals surface area contributed by atoms with Gasteiger partial charge < -0.3 is 11.1 Å². The van der Waals surface area contributed by atoms with Crippen molar-refractivity contribution in [2.24, 2.45) is 5.73 Å². The zero-order valence-corrected chi connectivity index (χ0v) is 11.6. The van der Waals surface area contributed by atoms with Gasteiger partial charge in [0.25, 0.3) is 5.91 Å². The highest BCUT2D eigenvalue weighted by molar-refractivity contribution is 9.10. The van der Waals surface area contributed by atoms with E-state index in [0.717, 1.165) is 25.7 Å². The van der Waals surface area contributed by atoms with Crippen LogP contribution in [0.3, 0.4) is 0 Å². The van der Waals surface area contributed by atoms with Gasteiger partial charge in [0.2, 0.25) is 0 Å². The number of carbonyl (C=O) groups is 1. The second-order valence-electron chi connectivity index (χ2n) is 4.77. The Hall–Kier alpha value is -0.940. The molecule has 0 aromatic heterocycles. The molecule has 0 spiro atoms. The van der Waals surface area contributed by atoms with Crippen LogP contribution >= 0.6 is 15.9 Å². The highest BCUT2D eigenvalue weighted by Gasteiger charge is 2.34. The summed E-state index contributed by atoms with van der Waals surface area (Å²) in [7, 11) is 0. The summed E-state index contributed by atoms with van der Waals surface area (Å²) >= 11 is 3.20. The lowest BCUT2D eigenvalue weighted by Crippen LogP contribution is -2.51. The molecule has 0 saturated heterocycles. The largest absolute Gasteiger partial charge is 0.345 e. The molecule has 1 aliphatic rings. The molecule has 1 fully saturated rings. The van der Waals surface area contributed by atoms with Crippen molar-refractivity contribution in [2.45, 2.75) is 31.2 Å². The van der Waals surface area contributed by atoms with Gasteiger partial charge >= 0.3 is 0 Å². The first-order chi connectivity index (χ1) is 8.56. The van der Waals surface area contributed by atoms with Crippen LogP contribution in [0.1, 0.15) is 36.0 Å². The van der Waals surface area contributed by atoms with E-state index in [9.17, 15) is 9.18 Å². The molecule has 1 saturated carbocycles. The Labute approximate surface area is 114 Å². The van der Waals surface area contributed by atoms with Gasteiger partial charge in [-0.3, -0.25) is 4.79 Å². The van der Waals surface area contributed by atoms with E-state index in [1.165, 1.54) is 18.2 Å². The number of rotatable bonds is 3. The van der Waals surface area contributed by atoms with Gasteiger partial charge in [0.05, 0.1) is 11.1 Å². The molecular weight excluding hydrogens is 299 g/mol. The Morgan fingerprint density at radius 2 is 2.11 bits per heavy atom. The minimum Gasteiger partial charge on any atom is -0.345 e. The quantitative estimate of drug-likeness (QED) is 0.901. The molecule has 98 valence electrons. The number of hydrogen-bond acceptors (Lipinski definition) is 2. The van der Waals surface area contributed by atoms with Crippen LogP contribution in [-0.4, -0.2) is 18.0 Å². The molecule has 1 aliphatic carbocycles. The number of hydrogen-bond donors (Lipinski definition) is 2. The maximum atomic E-state index is 13.0. The van der Waals surface area contributed by atoms with Crippen LogP contribution in [-0.2, 0) is 0 Å². The minimum atomic E-state index is -0.368. The summed E-state index contributed by atoms with van der Waals surface area (Å²) in [4.78, 5) is 12.2. The number of benzene rings is 1. The topological polar surface area (TPSA) is 55.1 Å². The first kappa shape index (κ1) is 13.5. The van der Waals surface area contributed by atoms with Crippen molar-refractivity contribution >= 4 is 21.8 Å². The highest BCUT2D eigenvalue weighted by Crippen LogP contribution is 2.29. The zero-order chi connectivity index (χ0) is 13.2. The van der Waals surface area contributed by atoms with Crippen molar-refractivity contribution in [3.8, 4) is 0 Å². The van der Waals surface area contributed by atoms with E-state index in [2.05, 4.69) is 21.2 Å². The minimum absolute atomic E-state index is 0.200. The molecule has 1 aromatic rings. The number of nitrogens with one attached hydrogen (secondary N) is 1. The molecule has 18 heavy (non-hydrogen) atoms. The second-order valence-corrected chi connectivity index (χ2v) is 5.62. The molecule has 1 aromatic carbocycles. The van der Waals surface area contributed by atoms with Crippen molar-refractivity contribution < 1.29 is 9.18 Å². The van der Waals surface area contributed by atoms with Gasteiger partial charge in [-0.2, -0.15) is 0 Å². The lowest BCUT2D eigenvalue weighted by Gasteiger charge is -2.28. The maximum absolute atomic E-state index is 13.0. The third kappa shape index (κ3) is 2.72. The first-order valence-electron chi connectivity index (χ1n) is 6.04. The summed E-state index contributed by atoms with van der Waals surface area (Å²) in [5, 5.41) is 3.00. The highest BCUT2D eigenvalue weighted by atomic mass is 79.9. The fraction of sp³-hybridized carbons (Fsp3) is 0.462. The van der Waals surface area contributed by atoms with E-state index in [4.69, 9.17) is 5.73 Å². The molecule has 5 heteroatoms. The summed E-state index contributed by atoms with van der Waals surface area (Å²) < 4.78 is 13.4. The molecule has 0 aliphatic heterocycles. The fourth-order valence-corrected chi connectivity index (χ4v) is 2.94. The molecule has 1 amide bonds. The number of amides is 1. The predicted molar refractivity (Wildman–Crippen MR) is 71.8 cm³/mol. The molecule has 0 radical (unpaired) electrons. The van der Waals surface area contributed by atoms with Gasteiger partial charge in [0.15, 0.2) is 0 Å². The zero-order valence-electron chi connectivity index (χ0n) is 10.0. The van der Waals surface area contributed by atoms with Gasteiger partial charge in [0.1, 0.15) is 5.82 Å². The van der Waals surface area contributed by atoms with E-state index < -0.39 is 0 Å². The van der Waals surface area contributed by atoms with Crippen molar-refractivity contribution in [1.82, 2.24) is 5.32 Å². The van der Waals surface area contributed by atoms with E-state index in [0.29, 0.717) is 16.6 Å². The lowest BCUT2D eigenvalue weighted by molar-refractivity contribution is 0.0902. The third-order valence-corrected chi connectivity index (χ3v) is 4.16. The summed E-state index contributed by atoms with van der Waals surface area (Å²) in [5.74, 6) is -0.568. The smallest absolute Gasteiger partial charge is 0.252 e. The summed E-state index contributed by atoms with van der Waals surface area (Å²) in [6.07, 6.45) is 3.99. The Balaban J connectivity index is 2.16. The normalized spacial score (nSPS) is 17.7. The Morgan fingerprint density at radius 3 is 2.67 bits per heavy atom. The van der Waals surface area contributed by atoms with Crippen molar-refractivity contribution in [1.29, 1.82) is 0 Å². The van der Waals surface area contributed by atoms with Crippen LogP contribution in [0.15, 0.2) is 22.7 Å². The van der Waals surface area contributed by atoms with Gasteiger partial charge in [-0.05, 0) is 47.0 Å². The molecule has 0 unspecified atom stereocenters. The van der Waals surface area contributed by atoms with Crippen LogP contribution in [0, 0.1) is 5.82 Å². The fourth-order valence-electron chi connectivity index (χ4n) is 2.41. The average Bonchev–Trinajstić information content (AvgIpc) is 2.78. The van der Waals surface area contributed by atoms with Gasteiger partial charge in [0, 0.05) is 11.0 Å².